The molecule has 3 unspecified atom stereocenters. The molecule has 19 heavy (non-hydrogen) atoms. The lowest BCUT2D eigenvalue weighted by Gasteiger charge is -2.23. The average Bonchev–Trinajstić information content (AvgIpc) is 2.87. The topological polar surface area (TPSA) is 66.8 Å². The second-order valence-electron chi connectivity index (χ2n) is 4.87. The maximum absolute atomic E-state index is 13.9. The van der Waals surface area contributed by atoms with Gasteiger partial charge in [-0.3, -0.25) is 4.79 Å². The van der Waals surface area contributed by atoms with E-state index >= 15 is 0 Å². The van der Waals surface area contributed by atoms with Crippen LogP contribution < -0.4 is 4.74 Å². The monoisotopic (exact) mass is 268 g/mol. The molecule has 1 aliphatic rings. The van der Waals surface area contributed by atoms with E-state index in [1.807, 2.05) is 0 Å². The van der Waals surface area contributed by atoms with Crippen molar-refractivity contribution in [3.8, 4) is 5.75 Å². The molecule has 0 amide bonds. The Bertz CT molecular complexity index is 475. The van der Waals surface area contributed by atoms with Crippen LogP contribution in [0.3, 0.4) is 0 Å². The highest BCUT2D eigenvalue weighted by Gasteiger charge is 2.38. The van der Waals surface area contributed by atoms with Crippen LogP contribution in [0.5, 0.6) is 5.75 Å². The van der Waals surface area contributed by atoms with Crippen LogP contribution >= 0.6 is 0 Å². The lowest BCUT2D eigenvalue weighted by atomic mass is 9.87. The van der Waals surface area contributed by atoms with Gasteiger partial charge in [-0.05, 0) is 25.0 Å². The molecule has 1 aromatic rings. The smallest absolute Gasteiger partial charge is 0.306 e. The van der Waals surface area contributed by atoms with E-state index in [-0.39, 0.29) is 5.56 Å². The number of hydrogen-bond donors (Lipinski definition) is 2. The Labute approximate surface area is 110 Å². The number of ether oxygens (including phenoxy) is 1. The fraction of sp³-hybridized carbons (Fsp3) is 0.500. The van der Waals surface area contributed by atoms with Crippen molar-refractivity contribution in [2.24, 2.45) is 11.8 Å². The van der Waals surface area contributed by atoms with Crippen molar-refractivity contribution in [3.05, 3.63) is 29.6 Å². The summed E-state index contributed by atoms with van der Waals surface area (Å²) >= 11 is 0. The van der Waals surface area contributed by atoms with Crippen LogP contribution in [-0.4, -0.2) is 23.3 Å². The number of carbonyl (C=O) groups is 1. The molecule has 0 aliphatic heterocycles. The standard InChI is InChI=1S/C14H17FO4/c1-19-8-5-6-11(12(15)7-8)13(16)9-3-2-4-10(9)14(17)18/h5-7,9-10,13,16H,2-4H2,1H3,(H,17,18). The fourth-order valence-corrected chi connectivity index (χ4v) is 2.78. The highest BCUT2D eigenvalue weighted by molar-refractivity contribution is 5.70. The Kier molecular flexibility index (Phi) is 4.04. The predicted octanol–water partition coefficient (Wildman–Crippen LogP) is 2.37. The summed E-state index contributed by atoms with van der Waals surface area (Å²) in [5, 5.41) is 19.3. The molecular weight excluding hydrogens is 251 g/mol. The molecule has 4 nitrogen and oxygen atoms in total. The highest BCUT2D eigenvalue weighted by atomic mass is 19.1. The summed E-state index contributed by atoms with van der Waals surface area (Å²) in [7, 11) is 1.43. The van der Waals surface area contributed by atoms with Crippen molar-refractivity contribution in [1.82, 2.24) is 0 Å². The third-order valence-electron chi connectivity index (χ3n) is 3.82. The Hall–Kier alpha value is -1.62. The summed E-state index contributed by atoms with van der Waals surface area (Å²) in [6.07, 6.45) is 0.795. The zero-order valence-electron chi connectivity index (χ0n) is 10.7. The largest absolute Gasteiger partial charge is 0.497 e. The van der Waals surface area contributed by atoms with E-state index in [0.29, 0.717) is 18.6 Å². The summed E-state index contributed by atoms with van der Waals surface area (Å²) in [5.74, 6) is -2.15. The van der Waals surface area contributed by atoms with Gasteiger partial charge >= 0.3 is 5.97 Å². The Morgan fingerprint density at radius 1 is 1.47 bits per heavy atom. The van der Waals surface area contributed by atoms with Gasteiger partial charge in [-0.15, -0.1) is 0 Å². The van der Waals surface area contributed by atoms with Gasteiger partial charge in [0.1, 0.15) is 11.6 Å². The van der Waals surface area contributed by atoms with Crippen molar-refractivity contribution in [2.75, 3.05) is 7.11 Å². The molecule has 104 valence electrons. The number of halogens is 1. The first-order valence-electron chi connectivity index (χ1n) is 6.29. The number of hydrogen-bond acceptors (Lipinski definition) is 3. The maximum Gasteiger partial charge on any atom is 0.306 e. The van der Waals surface area contributed by atoms with Crippen LogP contribution in [0.15, 0.2) is 18.2 Å². The molecule has 2 N–H and O–H groups in total. The second kappa shape index (κ2) is 5.57. The molecule has 0 spiro atoms. The summed E-state index contributed by atoms with van der Waals surface area (Å²) in [4.78, 5) is 11.1. The molecule has 0 bridgehead atoms. The number of rotatable bonds is 4. The molecule has 5 heteroatoms. The molecule has 1 aromatic carbocycles. The van der Waals surface area contributed by atoms with Crippen molar-refractivity contribution in [3.63, 3.8) is 0 Å². The highest BCUT2D eigenvalue weighted by Crippen LogP contribution is 2.41. The first-order valence-corrected chi connectivity index (χ1v) is 6.29. The summed E-state index contributed by atoms with van der Waals surface area (Å²) in [5.41, 5.74) is 0.138. The van der Waals surface area contributed by atoms with E-state index in [1.165, 1.54) is 19.2 Å². The number of benzene rings is 1. The van der Waals surface area contributed by atoms with E-state index in [2.05, 4.69) is 0 Å². The van der Waals surface area contributed by atoms with Crippen molar-refractivity contribution in [2.45, 2.75) is 25.4 Å². The third-order valence-corrected chi connectivity index (χ3v) is 3.82. The van der Waals surface area contributed by atoms with Crippen LogP contribution in [-0.2, 0) is 4.79 Å². The molecule has 1 aliphatic carbocycles. The predicted molar refractivity (Wildman–Crippen MR) is 66.4 cm³/mol. The Morgan fingerprint density at radius 3 is 2.79 bits per heavy atom. The first-order chi connectivity index (χ1) is 9.04. The van der Waals surface area contributed by atoms with E-state index in [1.54, 1.807) is 6.07 Å². The van der Waals surface area contributed by atoms with Crippen molar-refractivity contribution >= 4 is 5.97 Å². The van der Waals surface area contributed by atoms with Gasteiger partial charge in [-0.25, -0.2) is 4.39 Å². The number of aliphatic hydroxyl groups is 1. The summed E-state index contributed by atoms with van der Waals surface area (Å²) in [6, 6.07) is 4.21. The molecule has 1 fully saturated rings. The molecule has 0 aromatic heterocycles. The minimum absolute atomic E-state index is 0.138. The lowest BCUT2D eigenvalue weighted by Crippen LogP contribution is -2.24. The normalized spacial score (nSPS) is 24.2. The van der Waals surface area contributed by atoms with Crippen molar-refractivity contribution in [1.29, 1.82) is 0 Å². The summed E-state index contributed by atoms with van der Waals surface area (Å²) in [6.45, 7) is 0. The van der Waals surface area contributed by atoms with Crippen molar-refractivity contribution < 1.29 is 24.1 Å². The van der Waals surface area contributed by atoms with Gasteiger partial charge in [-0.2, -0.15) is 0 Å². The van der Waals surface area contributed by atoms with Crippen LogP contribution in [0.4, 0.5) is 4.39 Å². The Morgan fingerprint density at radius 2 is 2.21 bits per heavy atom. The lowest BCUT2D eigenvalue weighted by molar-refractivity contribution is -0.144. The van der Waals surface area contributed by atoms with E-state index in [9.17, 15) is 14.3 Å². The van der Waals surface area contributed by atoms with Crippen LogP contribution in [0.1, 0.15) is 30.9 Å². The molecule has 1 saturated carbocycles. The minimum Gasteiger partial charge on any atom is -0.497 e. The van der Waals surface area contributed by atoms with Gasteiger partial charge in [0.25, 0.3) is 0 Å². The van der Waals surface area contributed by atoms with Crippen LogP contribution in [0.2, 0.25) is 0 Å². The third kappa shape index (κ3) is 2.71. The van der Waals surface area contributed by atoms with E-state index < -0.39 is 29.7 Å². The number of carboxylic acids is 1. The minimum atomic E-state index is -1.09. The van der Waals surface area contributed by atoms with Gasteiger partial charge < -0.3 is 14.9 Å². The van der Waals surface area contributed by atoms with E-state index in [4.69, 9.17) is 9.84 Å². The van der Waals surface area contributed by atoms with E-state index in [0.717, 1.165) is 6.42 Å². The molecule has 3 atom stereocenters. The zero-order valence-corrected chi connectivity index (χ0v) is 10.7. The quantitative estimate of drug-likeness (QED) is 0.879. The van der Waals surface area contributed by atoms with Crippen LogP contribution in [0.25, 0.3) is 0 Å². The maximum atomic E-state index is 13.9. The average molecular weight is 268 g/mol. The molecule has 2 rings (SSSR count). The van der Waals surface area contributed by atoms with Gasteiger partial charge in [0.05, 0.1) is 19.1 Å². The molecular formula is C14H17FO4. The molecule has 0 saturated heterocycles. The SMILES string of the molecule is COc1ccc(C(O)C2CCCC2C(=O)O)c(F)c1. The fourth-order valence-electron chi connectivity index (χ4n) is 2.78. The number of aliphatic hydroxyl groups excluding tert-OH is 1. The van der Waals surface area contributed by atoms with Crippen LogP contribution in [0, 0.1) is 17.7 Å². The second-order valence-corrected chi connectivity index (χ2v) is 4.87. The number of aliphatic carboxylic acids is 1. The number of methoxy groups -OCH3 is 1. The molecule has 0 radical (unpaired) electrons. The zero-order chi connectivity index (χ0) is 14.0. The summed E-state index contributed by atoms with van der Waals surface area (Å²) < 4.78 is 18.8. The first kappa shape index (κ1) is 13.8. The van der Waals surface area contributed by atoms with Gasteiger partial charge in [0.2, 0.25) is 0 Å². The Balaban J connectivity index is 2.23. The van der Waals surface area contributed by atoms with Gasteiger partial charge in [-0.1, -0.05) is 6.42 Å². The van der Waals surface area contributed by atoms with Gasteiger partial charge in [0.15, 0.2) is 0 Å². The number of carboxylic acid groups (broad SMARTS) is 1. The molecule has 0 heterocycles. The van der Waals surface area contributed by atoms with Gasteiger partial charge in [0, 0.05) is 17.5 Å².